The van der Waals surface area contributed by atoms with Crippen molar-refractivity contribution in [1.82, 2.24) is 30.8 Å². The first-order valence-electron chi connectivity index (χ1n) is 8.22. The Morgan fingerprint density at radius 2 is 2.16 bits per heavy atom. The predicted octanol–water partition coefficient (Wildman–Crippen LogP) is 0.0370. The number of rotatable bonds is 6. The monoisotopic (exact) mass is 344 g/mol. The van der Waals surface area contributed by atoms with Crippen molar-refractivity contribution in [2.75, 3.05) is 6.54 Å². The molecule has 0 bridgehead atoms. The molecular weight excluding hydrogens is 324 g/mol. The highest BCUT2D eigenvalue weighted by atomic mass is 16.5. The molecule has 2 N–H and O–H groups in total. The van der Waals surface area contributed by atoms with Crippen LogP contribution in [-0.2, 0) is 22.7 Å². The van der Waals surface area contributed by atoms with Gasteiger partial charge in [-0.15, -0.1) is 10.2 Å². The van der Waals surface area contributed by atoms with E-state index in [9.17, 15) is 9.59 Å². The number of carbonyl (C=O) groups excluding carboxylic acids is 2. The molecule has 2 heterocycles. The normalized spacial score (nSPS) is 17.4. The molecular formula is C16H20N6O3. The van der Waals surface area contributed by atoms with Gasteiger partial charge in [0.15, 0.2) is 6.61 Å². The molecule has 1 saturated heterocycles. The summed E-state index contributed by atoms with van der Waals surface area (Å²) in [4.78, 5) is 25.1. The fourth-order valence-corrected chi connectivity index (χ4v) is 2.51. The maximum absolute atomic E-state index is 12.1. The zero-order valence-corrected chi connectivity index (χ0v) is 13.7. The number of hydrogen-bond donors (Lipinski definition) is 2. The average Bonchev–Trinajstić information content (AvgIpc) is 2.96. The second kappa shape index (κ2) is 8.22. The molecule has 1 aromatic carbocycles. The van der Waals surface area contributed by atoms with Gasteiger partial charge in [-0.25, -0.2) is 0 Å². The molecule has 0 unspecified atom stereocenters. The molecule has 9 heteroatoms. The third-order valence-electron chi connectivity index (χ3n) is 3.76. The van der Waals surface area contributed by atoms with Crippen molar-refractivity contribution in [2.45, 2.75) is 38.5 Å². The number of ether oxygens (including phenoxy) is 1. The summed E-state index contributed by atoms with van der Waals surface area (Å²) in [7, 11) is 0. The van der Waals surface area contributed by atoms with Crippen molar-refractivity contribution >= 4 is 11.8 Å². The number of carbonyl (C=O) groups is 2. The van der Waals surface area contributed by atoms with Crippen LogP contribution in [0.1, 0.15) is 25.1 Å². The Morgan fingerprint density at radius 3 is 3.00 bits per heavy atom. The number of benzene rings is 1. The Bertz CT molecular complexity index is 718. The van der Waals surface area contributed by atoms with Gasteiger partial charge in [0, 0.05) is 6.54 Å². The lowest BCUT2D eigenvalue weighted by Gasteiger charge is -2.14. The van der Waals surface area contributed by atoms with Crippen molar-refractivity contribution in [1.29, 1.82) is 0 Å². The van der Waals surface area contributed by atoms with E-state index in [4.69, 9.17) is 4.74 Å². The summed E-state index contributed by atoms with van der Waals surface area (Å²) in [5.41, 5.74) is 0. The zero-order valence-electron chi connectivity index (χ0n) is 13.7. The van der Waals surface area contributed by atoms with Gasteiger partial charge in [-0.05, 0) is 36.6 Å². The van der Waals surface area contributed by atoms with Gasteiger partial charge >= 0.3 is 0 Å². The van der Waals surface area contributed by atoms with Crippen LogP contribution in [0.4, 0.5) is 0 Å². The number of nitrogens with zero attached hydrogens (tertiary/aromatic N) is 4. The fraction of sp³-hybridized carbons (Fsp3) is 0.438. The van der Waals surface area contributed by atoms with Gasteiger partial charge in [0.25, 0.3) is 0 Å². The van der Waals surface area contributed by atoms with Crippen LogP contribution in [0, 0.1) is 0 Å². The Kier molecular flexibility index (Phi) is 5.55. The van der Waals surface area contributed by atoms with Gasteiger partial charge in [-0.1, -0.05) is 18.2 Å². The average molecular weight is 344 g/mol. The number of hydrogen-bond acceptors (Lipinski definition) is 6. The first-order chi connectivity index (χ1) is 12.2. The van der Waals surface area contributed by atoms with E-state index in [2.05, 4.69) is 26.0 Å². The number of amides is 2. The van der Waals surface area contributed by atoms with Crippen LogP contribution in [0.3, 0.4) is 0 Å². The fourth-order valence-electron chi connectivity index (χ4n) is 2.51. The van der Waals surface area contributed by atoms with E-state index >= 15 is 0 Å². The van der Waals surface area contributed by atoms with E-state index in [1.807, 2.05) is 30.3 Å². The Labute approximate surface area is 144 Å². The summed E-state index contributed by atoms with van der Waals surface area (Å²) in [6.07, 6.45) is 2.46. The van der Waals surface area contributed by atoms with Crippen LogP contribution in [0.2, 0.25) is 0 Å². The molecule has 3 rings (SSSR count). The van der Waals surface area contributed by atoms with E-state index < -0.39 is 6.04 Å². The molecule has 1 aliphatic rings. The molecule has 0 radical (unpaired) electrons. The molecule has 2 aromatic rings. The van der Waals surface area contributed by atoms with Crippen molar-refractivity contribution in [3.05, 3.63) is 36.2 Å². The Hall–Kier alpha value is -2.97. The van der Waals surface area contributed by atoms with E-state index in [-0.39, 0.29) is 25.0 Å². The predicted molar refractivity (Wildman–Crippen MR) is 87.4 cm³/mol. The summed E-state index contributed by atoms with van der Waals surface area (Å²) in [6.45, 7) is 0.722. The maximum Gasteiger partial charge on any atom is 0.244 e. The molecule has 25 heavy (non-hydrogen) atoms. The van der Waals surface area contributed by atoms with E-state index in [0.717, 1.165) is 12.8 Å². The highest BCUT2D eigenvalue weighted by Gasteiger charge is 2.22. The molecule has 1 atom stereocenters. The summed E-state index contributed by atoms with van der Waals surface area (Å²) in [5.74, 6) is 0.615. The molecule has 0 aliphatic carbocycles. The number of para-hydroxylation sites is 1. The first kappa shape index (κ1) is 16.9. The Balaban J connectivity index is 1.48. The standard InChI is InChI=1S/C16H20N6O3/c23-15(18-13-8-4-5-9-17-16(13)24)10-22-20-14(19-21-22)11-25-12-6-2-1-3-7-12/h1-3,6-7,13H,4-5,8-11H2,(H,17,24)(H,18,23)/t13-/m0/s1. The second-order valence-corrected chi connectivity index (χ2v) is 5.74. The third-order valence-corrected chi connectivity index (χ3v) is 3.76. The molecule has 1 fully saturated rings. The quantitative estimate of drug-likeness (QED) is 0.765. The molecule has 1 aromatic heterocycles. The van der Waals surface area contributed by atoms with Crippen LogP contribution < -0.4 is 15.4 Å². The van der Waals surface area contributed by atoms with E-state index in [1.54, 1.807) is 0 Å². The molecule has 9 nitrogen and oxygen atoms in total. The van der Waals surface area contributed by atoms with Crippen LogP contribution in [0.5, 0.6) is 5.75 Å². The highest BCUT2D eigenvalue weighted by Crippen LogP contribution is 2.09. The van der Waals surface area contributed by atoms with Crippen LogP contribution in [-0.4, -0.2) is 44.6 Å². The van der Waals surface area contributed by atoms with Crippen molar-refractivity contribution in [3.63, 3.8) is 0 Å². The maximum atomic E-state index is 12.1. The number of aromatic nitrogens is 4. The smallest absolute Gasteiger partial charge is 0.244 e. The lowest BCUT2D eigenvalue weighted by molar-refractivity contribution is -0.129. The molecule has 132 valence electrons. The van der Waals surface area contributed by atoms with E-state index in [0.29, 0.717) is 24.5 Å². The Morgan fingerprint density at radius 1 is 1.32 bits per heavy atom. The van der Waals surface area contributed by atoms with Crippen molar-refractivity contribution in [3.8, 4) is 5.75 Å². The first-order valence-corrected chi connectivity index (χ1v) is 8.22. The summed E-state index contributed by atoms with van der Waals surface area (Å²) < 4.78 is 5.53. The third kappa shape index (κ3) is 5.00. The minimum Gasteiger partial charge on any atom is -0.485 e. The summed E-state index contributed by atoms with van der Waals surface area (Å²) >= 11 is 0. The molecule has 1 aliphatic heterocycles. The van der Waals surface area contributed by atoms with Gasteiger partial charge in [0.2, 0.25) is 17.6 Å². The minimum absolute atomic E-state index is 0.0951. The lowest BCUT2D eigenvalue weighted by atomic mass is 10.1. The van der Waals surface area contributed by atoms with Crippen LogP contribution in [0.25, 0.3) is 0 Å². The van der Waals surface area contributed by atoms with Crippen LogP contribution in [0.15, 0.2) is 30.3 Å². The van der Waals surface area contributed by atoms with Gasteiger partial charge in [-0.3, -0.25) is 9.59 Å². The van der Waals surface area contributed by atoms with Gasteiger partial charge < -0.3 is 15.4 Å². The lowest BCUT2D eigenvalue weighted by Crippen LogP contribution is -2.46. The summed E-state index contributed by atoms with van der Waals surface area (Å²) in [5, 5.41) is 17.3. The minimum atomic E-state index is -0.501. The largest absolute Gasteiger partial charge is 0.485 e. The number of nitrogens with one attached hydrogen (secondary N) is 2. The highest BCUT2D eigenvalue weighted by molar-refractivity contribution is 5.87. The molecule has 0 spiro atoms. The second-order valence-electron chi connectivity index (χ2n) is 5.74. The van der Waals surface area contributed by atoms with Gasteiger partial charge in [0.1, 0.15) is 18.3 Å². The van der Waals surface area contributed by atoms with Crippen molar-refractivity contribution in [2.24, 2.45) is 0 Å². The summed E-state index contributed by atoms with van der Waals surface area (Å²) in [6, 6.07) is 8.79. The van der Waals surface area contributed by atoms with Crippen molar-refractivity contribution < 1.29 is 14.3 Å². The molecule has 0 saturated carbocycles. The van der Waals surface area contributed by atoms with Gasteiger partial charge in [-0.2, -0.15) is 4.80 Å². The van der Waals surface area contributed by atoms with Gasteiger partial charge in [0.05, 0.1) is 0 Å². The SMILES string of the molecule is O=C(Cn1nnc(COc2ccccc2)n1)N[C@H]1CCCCNC1=O. The molecule has 2 amide bonds. The zero-order chi connectivity index (χ0) is 17.5. The van der Waals surface area contributed by atoms with E-state index in [1.165, 1.54) is 4.80 Å². The van der Waals surface area contributed by atoms with Crippen LogP contribution >= 0.6 is 0 Å². The topological polar surface area (TPSA) is 111 Å². The number of tetrazole rings is 1.